The number of aromatic nitrogens is 3. The van der Waals surface area contributed by atoms with Crippen molar-refractivity contribution in [3.05, 3.63) is 71.7 Å². The van der Waals surface area contributed by atoms with Gasteiger partial charge in [-0.3, -0.25) is 4.79 Å². The Bertz CT molecular complexity index is 1720. The number of fused-ring (bicyclic) bond motifs is 9. The Kier molecular flexibility index (Phi) is 4.97. The zero-order chi connectivity index (χ0) is 29.3. The number of benzene rings is 2. The van der Waals surface area contributed by atoms with Crippen molar-refractivity contribution in [2.24, 2.45) is 0 Å². The quantitative estimate of drug-likeness (QED) is 0.288. The molecule has 2 aromatic heterocycles. The maximum atomic E-state index is 13.6. The monoisotopic (exact) mass is 541 g/mol. The highest BCUT2D eigenvalue weighted by Gasteiger charge is 2.45. The lowest BCUT2D eigenvalue weighted by Gasteiger charge is -2.24. The standard InChI is InChI=1S/C27H25F2N4O4P/c1-32-21-12-20(24-17(26(32)34)5-4-6-22(24)37-27(28)29)33-19-11-15(7-9-18(19)31-25(21)33)16-8-10-23(30-13-16)36-14-38(2,3)35/h4-11,13,20-21,27H,12,14H2,1-3H3/t20-,21-/m1/s1/i1D3. The minimum atomic E-state index is -3.14. The predicted molar refractivity (Wildman–Crippen MR) is 139 cm³/mol. The number of carbonyl (C=O) groups is 1. The first kappa shape index (κ1) is 21.2. The first-order valence-electron chi connectivity index (χ1n) is 13.4. The molecule has 11 heteroatoms. The number of imidazole rings is 1. The number of carbonyl (C=O) groups excluding carboxylic acids is 1. The molecule has 0 saturated heterocycles. The van der Waals surface area contributed by atoms with Crippen molar-refractivity contribution in [2.45, 2.75) is 25.1 Å². The molecule has 196 valence electrons. The normalized spacial score (nSPS) is 20.0. The van der Waals surface area contributed by atoms with Gasteiger partial charge in [-0.1, -0.05) is 12.1 Å². The maximum absolute atomic E-state index is 13.6. The molecule has 4 heterocycles. The van der Waals surface area contributed by atoms with Crippen LogP contribution < -0.4 is 9.47 Å². The topological polar surface area (TPSA) is 86.6 Å². The van der Waals surface area contributed by atoms with Gasteiger partial charge in [0.2, 0.25) is 5.88 Å². The van der Waals surface area contributed by atoms with E-state index in [1.165, 1.54) is 18.2 Å². The van der Waals surface area contributed by atoms with Gasteiger partial charge in [0.05, 0.1) is 23.1 Å². The molecular formula is C27H25F2N4O4P. The number of rotatable bonds is 6. The zero-order valence-electron chi connectivity index (χ0n) is 23.5. The Labute approximate surface area is 221 Å². The van der Waals surface area contributed by atoms with Gasteiger partial charge in [-0.15, -0.1) is 0 Å². The molecule has 2 aliphatic rings. The van der Waals surface area contributed by atoms with Crippen LogP contribution in [0.5, 0.6) is 11.6 Å². The molecule has 0 spiro atoms. The summed E-state index contributed by atoms with van der Waals surface area (Å²) < 4.78 is 75.3. The van der Waals surface area contributed by atoms with E-state index in [0.29, 0.717) is 22.7 Å². The van der Waals surface area contributed by atoms with Crippen LogP contribution in [0.1, 0.15) is 44.4 Å². The van der Waals surface area contributed by atoms with E-state index in [-0.39, 0.29) is 29.6 Å². The van der Waals surface area contributed by atoms with E-state index in [4.69, 9.17) is 18.6 Å². The Morgan fingerprint density at radius 1 is 1.16 bits per heavy atom. The van der Waals surface area contributed by atoms with E-state index in [2.05, 4.69) is 4.98 Å². The number of amides is 1. The Hall–Kier alpha value is -3.78. The number of halogens is 2. The summed E-state index contributed by atoms with van der Waals surface area (Å²) in [6.07, 6.45) is 1.83. The van der Waals surface area contributed by atoms with Crippen LogP contribution in [0, 0.1) is 0 Å². The van der Waals surface area contributed by atoms with Crippen LogP contribution in [-0.4, -0.2) is 58.6 Å². The van der Waals surface area contributed by atoms with E-state index in [1.807, 2.05) is 22.8 Å². The number of hydrogen-bond donors (Lipinski definition) is 0. The van der Waals surface area contributed by atoms with Crippen LogP contribution >= 0.6 is 7.14 Å². The molecule has 4 aromatic rings. The second kappa shape index (κ2) is 8.91. The zero-order valence-corrected chi connectivity index (χ0v) is 21.4. The number of nitrogens with zero attached hydrogens (tertiary/aromatic N) is 4. The van der Waals surface area contributed by atoms with Crippen molar-refractivity contribution >= 4 is 24.1 Å². The number of ether oxygens (including phenoxy) is 2. The molecule has 0 fully saturated rings. The number of alkyl halides is 2. The maximum Gasteiger partial charge on any atom is 0.387 e. The first-order valence-corrected chi connectivity index (χ1v) is 14.7. The summed E-state index contributed by atoms with van der Waals surface area (Å²) in [7, 11) is -2.38. The second-order valence-electron chi connectivity index (χ2n) is 9.81. The molecular weight excluding hydrogens is 513 g/mol. The molecule has 0 radical (unpaired) electrons. The third-order valence-electron chi connectivity index (χ3n) is 6.74. The largest absolute Gasteiger partial charge is 0.470 e. The first-order chi connectivity index (χ1) is 19.3. The molecule has 8 nitrogen and oxygen atoms in total. The van der Waals surface area contributed by atoms with E-state index in [1.54, 1.807) is 31.7 Å². The molecule has 6 rings (SSSR count). The summed E-state index contributed by atoms with van der Waals surface area (Å²) in [4.78, 5) is 23.4. The third kappa shape index (κ3) is 4.13. The molecule has 2 atom stereocenters. The van der Waals surface area contributed by atoms with Gasteiger partial charge in [0.25, 0.3) is 5.91 Å². The summed E-state index contributed by atoms with van der Waals surface area (Å²) in [6, 6.07) is 11.6. The molecule has 1 amide bonds. The van der Waals surface area contributed by atoms with E-state index < -0.39 is 38.7 Å². The van der Waals surface area contributed by atoms with Crippen molar-refractivity contribution in [2.75, 3.05) is 26.7 Å². The smallest absolute Gasteiger partial charge is 0.387 e. The van der Waals surface area contributed by atoms with Gasteiger partial charge >= 0.3 is 6.61 Å². The van der Waals surface area contributed by atoms with Crippen LogP contribution in [0.4, 0.5) is 8.78 Å². The van der Waals surface area contributed by atoms with Gasteiger partial charge in [0, 0.05) is 46.5 Å². The molecule has 0 N–H and O–H groups in total. The lowest BCUT2D eigenvalue weighted by Crippen LogP contribution is -2.30. The van der Waals surface area contributed by atoms with Crippen LogP contribution in [0.3, 0.4) is 0 Å². The molecule has 38 heavy (non-hydrogen) atoms. The average Bonchev–Trinajstić information content (AvgIpc) is 3.39. The summed E-state index contributed by atoms with van der Waals surface area (Å²) in [5.74, 6) is -0.278. The highest BCUT2D eigenvalue weighted by Crippen LogP contribution is 2.50. The summed E-state index contributed by atoms with van der Waals surface area (Å²) >= 11 is 0. The van der Waals surface area contributed by atoms with Crippen molar-refractivity contribution < 1.29 is 31.7 Å². The third-order valence-corrected chi connectivity index (χ3v) is 7.49. The molecule has 2 bridgehead atoms. The van der Waals surface area contributed by atoms with Crippen LogP contribution in [0.15, 0.2) is 54.7 Å². The Balaban J connectivity index is 1.48. The predicted octanol–water partition coefficient (Wildman–Crippen LogP) is 5.78. The number of hydrogen-bond acceptors (Lipinski definition) is 6. The highest BCUT2D eigenvalue weighted by atomic mass is 31.2. The van der Waals surface area contributed by atoms with Crippen molar-refractivity contribution in [3.8, 4) is 22.8 Å². The lowest BCUT2D eigenvalue weighted by atomic mass is 9.97. The fourth-order valence-corrected chi connectivity index (χ4v) is 5.59. The molecule has 0 aliphatic carbocycles. The van der Waals surface area contributed by atoms with Crippen molar-refractivity contribution in [1.29, 1.82) is 0 Å². The van der Waals surface area contributed by atoms with Gasteiger partial charge in [-0.25, -0.2) is 9.97 Å². The average molecular weight is 542 g/mol. The summed E-state index contributed by atoms with van der Waals surface area (Å²) in [5, 5.41) is 0. The summed E-state index contributed by atoms with van der Waals surface area (Å²) in [6.45, 7) is -2.68. The summed E-state index contributed by atoms with van der Waals surface area (Å²) in [5.41, 5.74) is 2.92. The van der Waals surface area contributed by atoms with Crippen molar-refractivity contribution in [3.63, 3.8) is 0 Å². The molecule has 0 saturated carbocycles. The van der Waals surface area contributed by atoms with E-state index >= 15 is 0 Å². The minimum absolute atomic E-state index is 0.000996. The van der Waals surface area contributed by atoms with E-state index in [9.17, 15) is 18.1 Å². The fraction of sp³-hybridized carbons (Fsp3) is 0.296. The Morgan fingerprint density at radius 3 is 2.68 bits per heavy atom. The molecule has 2 aliphatic heterocycles. The SMILES string of the molecule is [2H]C([2H])([2H])N1C(=O)c2cccc(OC(F)F)c2[C@H]2C[C@@H]1c1nc3ccc(-c4ccc(OCP(C)(C)=O)nc4)cc3n12. The van der Waals surface area contributed by atoms with E-state index in [0.717, 1.165) is 16.0 Å². The highest BCUT2D eigenvalue weighted by molar-refractivity contribution is 7.62. The lowest BCUT2D eigenvalue weighted by molar-refractivity contribution is -0.0507. The number of pyridine rings is 1. The van der Waals surface area contributed by atoms with Crippen LogP contribution in [0.2, 0.25) is 0 Å². The second-order valence-corrected chi connectivity index (χ2v) is 13.2. The van der Waals surface area contributed by atoms with Crippen molar-refractivity contribution in [1.82, 2.24) is 19.4 Å². The fourth-order valence-electron chi connectivity index (χ4n) is 5.15. The van der Waals surface area contributed by atoms with Crippen LogP contribution in [0.25, 0.3) is 22.2 Å². The molecule has 0 unspecified atom stereocenters. The van der Waals surface area contributed by atoms with Gasteiger partial charge in [0.15, 0.2) is 0 Å². The Morgan fingerprint density at radius 2 is 1.97 bits per heavy atom. The molecule has 2 aromatic carbocycles. The minimum Gasteiger partial charge on any atom is -0.470 e. The van der Waals surface area contributed by atoms with Gasteiger partial charge in [-0.2, -0.15) is 8.78 Å². The van der Waals surface area contributed by atoms with Gasteiger partial charge < -0.3 is 23.5 Å². The van der Waals surface area contributed by atoms with Gasteiger partial charge in [0.1, 0.15) is 25.1 Å². The van der Waals surface area contributed by atoms with Gasteiger partial charge in [-0.05, 0) is 49.2 Å². The van der Waals surface area contributed by atoms with Crippen LogP contribution in [-0.2, 0) is 4.57 Å².